The van der Waals surface area contributed by atoms with Crippen LogP contribution in [0.3, 0.4) is 0 Å². The van der Waals surface area contributed by atoms with E-state index in [0.29, 0.717) is 28.4 Å². The zero-order chi connectivity index (χ0) is 20.6. The standard InChI is InChI=1S/C22H21FN4S2/c1-2-7-19(18-10-5-6-12-26-18)28-13-11-20-21(25)15(14-24)22(29-20)27-17-9-4-3-8-16(17)23/h3-10,12,27H,2,11,13,25H2,1H3/b19-7-. The lowest BCUT2D eigenvalue weighted by Crippen LogP contribution is -1.96. The second-order valence-corrected chi connectivity index (χ2v) is 8.39. The molecule has 7 heteroatoms. The number of hydrogen-bond donors (Lipinski definition) is 2. The number of aryl methyl sites for hydroxylation is 1. The number of nitrogens with two attached hydrogens (primary N) is 1. The summed E-state index contributed by atoms with van der Waals surface area (Å²) in [6.07, 6.45) is 5.59. The molecule has 0 saturated carbocycles. The van der Waals surface area contributed by atoms with Crippen molar-refractivity contribution in [3.8, 4) is 6.07 Å². The number of nitrogens with one attached hydrogen (secondary N) is 1. The summed E-state index contributed by atoms with van der Waals surface area (Å²) in [6.45, 7) is 2.10. The van der Waals surface area contributed by atoms with Gasteiger partial charge in [-0.05, 0) is 37.1 Å². The summed E-state index contributed by atoms with van der Waals surface area (Å²) in [5, 5.41) is 13.1. The van der Waals surface area contributed by atoms with Gasteiger partial charge in [-0.1, -0.05) is 31.2 Å². The number of thioether (sulfide) groups is 1. The molecule has 0 atom stereocenters. The first-order chi connectivity index (χ1) is 14.1. The molecule has 0 amide bonds. The van der Waals surface area contributed by atoms with Gasteiger partial charge in [0.2, 0.25) is 0 Å². The molecule has 0 spiro atoms. The van der Waals surface area contributed by atoms with Crippen molar-refractivity contribution < 1.29 is 4.39 Å². The van der Waals surface area contributed by atoms with Crippen molar-refractivity contribution in [1.82, 2.24) is 4.98 Å². The molecule has 0 saturated heterocycles. The highest BCUT2D eigenvalue weighted by Crippen LogP contribution is 2.38. The van der Waals surface area contributed by atoms with Gasteiger partial charge in [-0.15, -0.1) is 23.1 Å². The van der Waals surface area contributed by atoms with E-state index in [9.17, 15) is 9.65 Å². The summed E-state index contributed by atoms with van der Waals surface area (Å²) in [5.74, 6) is 0.432. The second-order valence-electron chi connectivity index (χ2n) is 6.15. The lowest BCUT2D eigenvalue weighted by atomic mass is 10.2. The zero-order valence-electron chi connectivity index (χ0n) is 16.0. The fourth-order valence-electron chi connectivity index (χ4n) is 2.75. The summed E-state index contributed by atoms with van der Waals surface area (Å²) in [6, 6.07) is 14.4. The molecule has 0 fully saturated rings. The molecular formula is C22H21FN4S2. The van der Waals surface area contributed by atoms with Crippen molar-refractivity contribution in [1.29, 1.82) is 5.26 Å². The maximum Gasteiger partial charge on any atom is 0.146 e. The Morgan fingerprint density at radius 3 is 2.79 bits per heavy atom. The molecule has 0 aliphatic rings. The molecule has 0 aliphatic heterocycles. The Morgan fingerprint density at radius 2 is 2.10 bits per heavy atom. The molecule has 2 aromatic heterocycles. The van der Waals surface area contributed by atoms with Crippen LogP contribution < -0.4 is 11.1 Å². The molecule has 3 N–H and O–H groups in total. The predicted molar refractivity (Wildman–Crippen MR) is 122 cm³/mol. The van der Waals surface area contributed by atoms with Gasteiger partial charge in [0.05, 0.1) is 17.1 Å². The maximum atomic E-state index is 14.0. The summed E-state index contributed by atoms with van der Waals surface area (Å²) < 4.78 is 14.0. The van der Waals surface area contributed by atoms with Crippen LogP contribution >= 0.6 is 23.1 Å². The van der Waals surface area contributed by atoms with Crippen molar-refractivity contribution in [2.45, 2.75) is 19.8 Å². The first-order valence-electron chi connectivity index (χ1n) is 9.21. The van der Waals surface area contributed by atoms with Crippen molar-refractivity contribution in [3.05, 3.63) is 76.7 Å². The Morgan fingerprint density at radius 1 is 1.31 bits per heavy atom. The Bertz CT molecular complexity index is 1040. The number of nitrogens with zero attached hydrogens (tertiary/aromatic N) is 2. The normalized spacial score (nSPS) is 11.3. The van der Waals surface area contributed by atoms with Gasteiger partial charge in [0, 0.05) is 21.7 Å². The number of anilines is 3. The number of halogens is 1. The number of nitriles is 1. The van der Waals surface area contributed by atoms with Crippen LogP contribution in [0.1, 0.15) is 29.5 Å². The number of hydrogen-bond acceptors (Lipinski definition) is 6. The molecular weight excluding hydrogens is 403 g/mol. The van der Waals surface area contributed by atoms with E-state index >= 15 is 0 Å². The Labute approximate surface area is 178 Å². The summed E-state index contributed by atoms with van der Waals surface area (Å²) in [5.41, 5.74) is 8.33. The highest BCUT2D eigenvalue weighted by molar-refractivity contribution is 8.08. The monoisotopic (exact) mass is 424 g/mol. The van der Waals surface area contributed by atoms with E-state index < -0.39 is 0 Å². The first-order valence-corrected chi connectivity index (χ1v) is 11.0. The van der Waals surface area contributed by atoms with Crippen LogP contribution in [0.5, 0.6) is 0 Å². The molecule has 1 aromatic carbocycles. The lowest BCUT2D eigenvalue weighted by Gasteiger charge is -2.06. The van der Waals surface area contributed by atoms with Crippen molar-refractivity contribution in [3.63, 3.8) is 0 Å². The number of para-hydroxylation sites is 1. The molecule has 3 aromatic rings. The van der Waals surface area contributed by atoms with E-state index in [2.05, 4.69) is 29.4 Å². The van der Waals surface area contributed by atoms with Crippen LogP contribution in [0.2, 0.25) is 0 Å². The maximum absolute atomic E-state index is 14.0. The minimum absolute atomic E-state index is 0.328. The Kier molecular flexibility index (Phi) is 7.28. The lowest BCUT2D eigenvalue weighted by molar-refractivity contribution is 0.632. The second kappa shape index (κ2) is 10.1. The number of thiophene rings is 1. The van der Waals surface area contributed by atoms with E-state index in [1.54, 1.807) is 36.2 Å². The van der Waals surface area contributed by atoms with Crippen LogP contribution in [-0.4, -0.2) is 10.7 Å². The van der Waals surface area contributed by atoms with Gasteiger partial charge in [-0.2, -0.15) is 5.26 Å². The van der Waals surface area contributed by atoms with Crippen LogP contribution in [0, 0.1) is 17.1 Å². The van der Waals surface area contributed by atoms with Crippen LogP contribution in [0.15, 0.2) is 54.7 Å². The molecule has 3 rings (SSSR count). The smallest absolute Gasteiger partial charge is 0.146 e. The van der Waals surface area contributed by atoms with Crippen molar-refractivity contribution in [2.75, 3.05) is 16.8 Å². The van der Waals surface area contributed by atoms with Crippen LogP contribution in [0.25, 0.3) is 4.91 Å². The largest absolute Gasteiger partial charge is 0.397 e. The van der Waals surface area contributed by atoms with E-state index in [0.717, 1.165) is 27.6 Å². The molecule has 148 valence electrons. The topological polar surface area (TPSA) is 74.7 Å². The SMILES string of the molecule is CC/C=C(\SCCc1sc(Nc2ccccc2F)c(C#N)c1N)c1ccccn1. The van der Waals surface area contributed by atoms with Gasteiger partial charge < -0.3 is 11.1 Å². The van der Waals surface area contributed by atoms with Gasteiger partial charge >= 0.3 is 0 Å². The number of pyridine rings is 1. The Hall–Kier alpha value is -2.82. The van der Waals surface area contributed by atoms with Gasteiger partial charge in [-0.3, -0.25) is 4.98 Å². The third-order valence-electron chi connectivity index (χ3n) is 4.15. The molecule has 29 heavy (non-hydrogen) atoms. The number of rotatable bonds is 8. The van der Waals surface area contributed by atoms with Gasteiger partial charge in [0.25, 0.3) is 0 Å². The number of benzene rings is 1. The number of aromatic nitrogens is 1. The third kappa shape index (κ3) is 5.17. The molecule has 4 nitrogen and oxygen atoms in total. The third-order valence-corrected chi connectivity index (χ3v) is 6.43. The van der Waals surface area contributed by atoms with Gasteiger partial charge in [0.15, 0.2) is 0 Å². The fourth-order valence-corrected chi connectivity index (χ4v) is 5.04. The summed E-state index contributed by atoms with van der Waals surface area (Å²) in [4.78, 5) is 6.48. The van der Waals surface area contributed by atoms with Crippen LogP contribution in [-0.2, 0) is 6.42 Å². The zero-order valence-corrected chi connectivity index (χ0v) is 17.6. The van der Waals surface area contributed by atoms with Gasteiger partial charge in [-0.25, -0.2) is 4.39 Å². The first kappa shape index (κ1) is 20.9. The van der Waals surface area contributed by atoms with Crippen molar-refractivity contribution >= 4 is 44.4 Å². The molecule has 0 aliphatic carbocycles. The average Bonchev–Trinajstić information content (AvgIpc) is 3.04. The van der Waals surface area contributed by atoms with E-state index in [1.165, 1.54) is 17.4 Å². The minimum Gasteiger partial charge on any atom is -0.397 e. The van der Waals surface area contributed by atoms with E-state index in [-0.39, 0.29) is 5.82 Å². The van der Waals surface area contributed by atoms with Crippen molar-refractivity contribution in [2.24, 2.45) is 0 Å². The average molecular weight is 425 g/mol. The minimum atomic E-state index is -0.370. The fraction of sp³-hybridized carbons (Fsp3) is 0.182. The summed E-state index contributed by atoms with van der Waals surface area (Å²) >= 11 is 3.12. The highest BCUT2D eigenvalue weighted by Gasteiger charge is 2.17. The number of nitrogen functional groups attached to an aromatic ring is 1. The van der Waals surface area contributed by atoms with E-state index in [1.807, 2.05) is 18.2 Å². The summed E-state index contributed by atoms with van der Waals surface area (Å²) in [7, 11) is 0. The molecule has 0 unspecified atom stereocenters. The predicted octanol–water partition coefficient (Wildman–Crippen LogP) is 6.21. The number of allylic oxidation sites excluding steroid dienone is 1. The molecule has 0 bridgehead atoms. The Balaban J connectivity index is 1.73. The molecule has 2 heterocycles. The quantitative estimate of drug-likeness (QED) is 0.450. The van der Waals surface area contributed by atoms with Gasteiger partial charge in [0.1, 0.15) is 22.5 Å². The molecule has 0 radical (unpaired) electrons. The van der Waals surface area contributed by atoms with Crippen LogP contribution in [0.4, 0.5) is 20.8 Å². The van der Waals surface area contributed by atoms with E-state index in [4.69, 9.17) is 5.73 Å². The highest BCUT2D eigenvalue weighted by atomic mass is 32.2.